The topological polar surface area (TPSA) is 92.2 Å². The second kappa shape index (κ2) is 8.79. The molecule has 1 aliphatic heterocycles. The van der Waals surface area contributed by atoms with E-state index in [0.29, 0.717) is 26.4 Å². The summed E-state index contributed by atoms with van der Waals surface area (Å²) in [4.78, 5) is 0. The molecule has 0 radical (unpaired) electrons. The minimum atomic E-state index is -0.624. The Hall–Kier alpha value is -0.240. The van der Waals surface area contributed by atoms with E-state index in [-0.39, 0.29) is 6.10 Å². The van der Waals surface area contributed by atoms with Gasteiger partial charge in [-0.25, -0.2) is 0 Å². The molecule has 0 aliphatic carbocycles. The zero-order valence-corrected chi connectivity index (χ0v) is 11.5. The predicted molar refractivity (Wildman–Crippen MR) is 65.6 cm³/mol. The highest BCUT2D eigenvalue weighted by Gasteiger charge is 2.37. The molecule has 0 aromatic heterocycles. The summed E-state index contributed by atoms with van der Waals surface area (Å²) in [5, 5.41) is 0. The molecule has 0 spiro atoms. The summed E-state index contributed by atoms with van der Waals surface area (Å²) in [5.41, 5.74) is 7.54. The average Bonchev–Trinajstić information content (AvgIpc) is 2.73. The third kappa shape index (κ3) is 6.08. The molecule has 0 aromatic rings. The molecule has 2 atom stereocenters. The van der Waals surface area contributed by atoms with Crippen molar-refractivity contribution in [3.05, 3.63) is 0 Å². The lowest BCUT2D eigenvalue weighted by molar-refractivity contribution is -0.370. The molecule has 0 saturated carbocycles. The third-order valence-electron chi connectivity index (χ3n) is 2.74. The summed E-state index contributed by atoms with van der Waals surface area (Å²) in [6.45, 7) is 6.75. The minimum absolute atomic E-state index is 0.0104. The summed E-state index contributed by atoms with van der Waals surface area (Å²) in [7, 11) is 0. The van der Waals surface area contributed by atoms with Crippen LogP contribution in [0.5, 0.6) is 0 Å². The van der Waals surface area contributed by atoms with Crippen molar-refractivity contribution in [2.75, 3.05) is 46.1 Å². The molecule has 1 saturated heterocycles. The molecule has 18 heavy (non-hydrogen) atoms. The number of hydrogen-bond donors (Lipinski definition) is 2. The van der Waals surface area contributed by atoms with Crippen molar-refractivity contribution in [1.82, 2.24) is 0 Å². The van der Waals surface area contributed by atoms with E-state index in [0.717, 1.165) is 32.5 Å². The van der Waals surface area contributed by atoms with Gasteiger partial charge in [-0.05, 0) is 6.92 Å². The van der Waals surface area contributed by atoms with E-state index in [1.165, 1.54) is 0 Å². The van der Waals surface area contributed by atoms with Crippen LogP contribution < -0.4 is 11.5 Å². The molecule has 0 amide bonds. The second-order valence-corrected chi connectivity index (χ2v) is 4.73. The number of rotatable bonds is 10. The van der Waals surface area contributed by atoms with Crippen LogP contribution in [0.1, 0.15) is 19.8 Å². The van der Waals surface area contributed by atoms with Crippen molar-refractivity contribution < 1.29 is 30.4 Å². The molecule has 1 aliphatic rings. The van der Waals surface area contributed by atoms with Crippen LogP contribution >= 0.6 is 0 Å². The van der Waals surface area contributed by atoms with E-state index < -0.39 is 5.79 Å². The van der Waals surface area contributed by atoms with Gasteiger partial charge in [0, 0.05) is 12.8 Å². The predicted octanol–water partition coefficient (Wildman–Crippen LogP) is -1.58. The lowest BCUT2D eigenvalue weighted by Crippen LogP contribution is -2.50. The van der Waals surface area contributed by atoms with Gasteiger partial charge in [0.05, 0.1) is 39.5 Å². The fourth-order valence-corrected chi connectivity index (χ4v) is 1.73. The number of ether oxygens (including phenoxy) is 4. The van der Waals surface area contributed by atoms with E-state index in [4.69, 9.17) is 18.9 Å². The van der Waals surface area contributed by atoms with Crippen LogP contribution in [0.2, 0.25) is 0 Å². The van der Waals surface area contributed by atoms with Gasteiger partial charge in [0.15, 0.2) is 5.79 Å². The highest BCUT2D eigenvalue weighted by Crippen LogP contribution is 2.23. The molecule has 6 N–H and O–H groups in total. The maximum absolute atomic E-state index is 5.81. The standard InChI is InChI=1S/C12H26N2O4/c1-12(10-16-7-3-5-14)17-9-11(18-12)8-15-6-2-4-13/h11H,2-10,13-14H2,1H3/p+2. The zero-order chi connectivity index (χ0) is 13.3. The Kier molecular flexibility index (Phi) is 7.73. The first kappa shape index (κ1) is 15.8. The molecular weight excluding hydrogens is 236 g/mol. The van der Waals surface area contributed by atoms with Crippen LogP contribution in [0.25, 0.3) is 0 Å². The van der Waals surface area contributed by atoms with E-state index in [1.807, 2.05) is 6.92 Å². The largest absolute Gasteiger partial charge is 0.378 e. The Labute approximate surface area is 109 Å². The molecule has 6 nitrogen and oxygen atoms in total. The third-order valence-corrected chi connectivity index (χ3v) is 2.74. The van der Waals surface area contributed by atoms with Crippen molar-refractivity contribution in [1.29, 1.82) is 0 Å². The van der Waals surface area contributed by atoms with E-state index in [1.54, 1.807) is 0 Å². The zero-order valence-electron chi connectivity index (χ0n) is 11.5. The van der Waals surface area contributed by atoms with Crippen molar-refractivity contribution in [2.24, 2.45) is 0 Å². The van der Waals surface area contributed by atoms with Gasteiger partial charge >= 0.3 is 0 Å². The van der Waals surface area contributed by atoms with Crippen LogP contribution in [0, 0.1) is 0 Å². The van der Waals surface area contributed by atoms with E-state index in [2.05, 4.69) is 11.5 Å². The molecule has 6 heteroatoms. The summed E-state index contributed by atoms with van der Waals surface area (Å²) in [6.07, 6.45) is 1.96. The lowest BCUT2D eigenvalue weighted by atomic mass is 10.3. The highest BCUT2D eigenvalue weighted by molar-refractivity contribution is 4.74. The Balaban J connectivity index is 2.10. The highest BCUT2D eigenvalue weighted by atomic mass is 16.8. The van der Waals surface area contributed by atoms with Crippen molar-refractivity contribution in [3.63, 3.8) is 0 Å². The second-order valence-electron chi connectivity index (χ2n) is 4.73. The summed E-state index contributed by atoms with van der Waals surface area (Å²) in [6, 6.07) is 0. The fraction of sp³-hybridized carbons (Fsp3) is 1.00. The molecular formula is C12H28N2O4+2. The van der Waals surface area contributed by atoms with Gasteiger partial charge in [0.2, 0.25) is 0 Å². The molecule has 108 valence electrons. The Morgan fingerprint density at radius 3 is 2.50 bits per heavy atom. The van der Waals surface area contributed by atoms with Crippen molar-refractivity contribution in [3.8, 4) is 0 Å². The number of hydrogen-bond acceptors (Lipinski definition) is 4. The van der Waals surface area contributed by atoms with Crippen LogP contribution in [0.4, 0.5) is 0 Å². The maximum atomic E-state index is 5.81. The number of quaternary nitrogens is 2. The Bertz CT molecular complexity index is 218. The first-order valence-corrected chi connectivity index (χ1v) is 6.76. The quantitative estimate of drug-likeness (QED) is 0.466. The van der Waals surface area contributed by atoms with Gasteiger partial charge in [0.1, 0.15) is 12.7 Å². The molecule has 1 fully saturated rings. The van der Waals surface area contributed by atoms with Crippen LogP contribution in [-0.2, 0) is 18.9 Å². The summed E-state index contributed by atoms with van der Waals surface area (Å²) >= 11 is 0. The van der Waals surface area contributed by atoms with Gasteiger partial charge in [-0.2, -0.15) is 0 Å². The molecule has 1 rings (SSSR count). The molecule has 0 bridgehead atoms. The SMILES string of the molecule is CC1(COCCC[NH3+])OCC(COCCC[NH3+])O1. The van der Waals surface area contributed by atoms with Gasteiger partial charge in [-0.15, -0.1) is 0 Å². The molecule has 1 heterocycles. The van der Waals surface area contributed by atoms with Gasteiger partial charge in [0.25, 0.3) is 0 Å². The van der Waals surface area contributed by atoms with E-state index in [9.17, 15) is 0 Å². The smallest absolute Gasteiger partial charge is 0.189 e. The van der Waals surface area contributed by atoms with Crippen molar-refractivity contribution >= 4 is 0 Å². The first-order chi connectivity index (χ1) is 8.70. The fourth-order valence-electron chi connectivity index (χ4n) is 1.73. The normalized spacial score (nSPS) is 27.8. The van der Waals surface area contributed by atoms with Gasteiger partial charge in [-0.1, -0.05) is 0 Å². The van der Waals surface area contributed by atoms with Crippen molar-refractivity contribution in [2.45, 2.75) is 31.7 Å². The average molecular weight is 264 g/mol. The van der Waals surface area contributed by atoms with Gasteiger partial charge in [-0.3, -0.25) is 0 Å². The van der Waals surface area contributed by atoms with Crippen LogP contribution in [-0.4, -0.2) is 58.0 Å². The lowest BCUT2D eigenvalue weighted by Gasteiger charge is -2.23. The monoisotopic (exact) mass is 264 g/mol. The molecule has 0 aromatic carbocycles. The Morgan fingerprint density at radius 2 is 1.83 bits per heavy atom. The van der Waals surface area contributed by atoms with Crippen LogP contribution in [0.3, 0.4) is 0 Å². The summed E-state index contributed by atoms with van der Waals surface area (Å²) < 4.78 is 22.5. The minimum Gasteiger partial charge on any atom is -0.378 e. The Morgan fingerprint density at radius 1 is 1.17 bits per heavy atom. The summed E-state index contributed by atoms with van der Waals surface area (Å²) in [5.74, 6) is -0.624. The van der Waals surface area contributed by atoms with Gasteiger partial charge < -0.3 is 30.4 Å². The van der Waals surface area contributed by atoms with Crippen LogP contribution in [0.15, 0.2) is 0 Å². The van der Waals surface area contributed by atoms with E-state index >= 15 is 0 Å². The molecule has 2 unspecified atom stereocenters. The maximum Gasteiger partial charge on any atom is 0.189 e. The first-order valence-electron chi connectivity index (χ1n) is 6.76.